The largest absolute Gasteiger partial charge is 0.504 e. The second-order valence-corrected chi connectivity index (χ2v) is 26.8. The van der Waals surface area contributed by atoms with Crippen molar-refractivity contribution in [2.45, 2.75) is 297 Å². The highest BCUT2D eigenvalue weighted by atomic mass is 16.5. The molecule has 0 saturated heterocycles. The maximum absolute atomic E-state index is 11.3. The minimum atomic E-state index is -0.508. The van der Waals surface area contributed by atoms with E-state index in [4.69, 9.17) is 14.2 Å². The van der Waals surface area contributed by atoms with E-state index >= 15 is 0 Å². The normalized spacial score (nSPS) is 17.4. The van der Waals surface area contributed by atoms with E-state index in [9.17, 15) is 5.11 Å². The van der Waals surface area contributed by atoms with Crippen LogP contribution in [0.2, 0.25) is 0 Å². The molecule has 1 N–H and O–H groups in total. The van der Waals surface area contributed by atoms with E-state index in [0.717, 1.165) is 138 Å². The topological polar surface area (TPSA) is 47.9 Å². The molecule has 0 spiro atoms. The average Bonchev–Trinajstić information content (AvgIpc) is 3.46. The highest BCUT2D eigenvalue weighted by Crippen LogP contribution is 2.52. The predicted molar refractivity (Wildman–Crippen MR) is 369 cm³/mol. The molecular formula is C79H128O4. The van der Waals surface area contributed by atoms with E-state index in [2.05, 4.69) is 190 Å². The minimum absolute atomic E-state index is 0.121. The van der Waals surface area contributed by atoms with Gasteiger partial charge in [0.2, 0.25) is 11.5 Å². The van der Waals surface area contributed by atoms with Gasteiger partial charge in [0.25, 0.3) is 0 Å². The number of ether oxygens (including phenoxy) is 3. The number of phenolic OH excluding ortho intramolecular Hbond substituents is 1. The van der Waals surface area contributed by atoms with E-state index in [1.165, 1.54) is 114 Å². The van der Waals surface area contributed by atoms with Crippen molar-refractivity contribution in [2.24, 2.45) is 23.7 Å². The standard InChI is InChI=1S/C79H128O4/c1-19-20-21-34-61(4)36-23-38-66(9)48-29-50-70(13)58-72(15)59-71(14)51-30-49-67(10)43-26-42-63(6)40-25-41-64(7)44-27-46-68(11)52-31-55-79(17)56-54-74-73(16)75(80)77(78(81-18)76(74)83-79)82-57-32-53-69(12)47-28-45-65(8)39-24-37-62(5)35-22-33-60(2)3/h19-20,36,40,43-44,48,51-54,56,58,60,62,65,72,80H,21-35,37-39,41-42,45-47,49-50,55,57,59H2,1-18H3/b20-19-,61-36+,63-40+,64-44+,66-48+,67-43+,68-52+,69-53+,70-58+,71-51+/t62?,65?,72?,79-/m1/s1. The second-order valence-electron chi connectivity index (χ2n) is 26.8. The fourth-order valence-electron chi connectivity index (χ4n) is 11.6. The lowest BCUT2D eigenvalue weighted by Gasteiger charge is -2.33. The summed E-state index contributed by atoms with van der Waals surface area (Å²) in [6, 6.07) is 0. The maximum Gasteiger partial charge on any atom is 0.207 e. The Balaban J connectivity index is 1.72. The van der Waals surface area contributed by atoms with Crippen molar-refractivity contribution in [1.29, 1.82) is 0 Å². The smallest absolute Gasteiger partial charge is 0.207 e. The average molecular weight is 1140 g/mol. The Morgan fingerprint density at radius 1 is 0.530 bits per heavy atom. The number of fused-ring (bicyclic) bond motifs is 1. The molecule has 0 aliphatic carbocycles. The zero-order valence-electron chi connectivity index (χ0n) is 57.3. The molecular weight excluding hydrogens is 1010 g/mol. The van der Waals surface area contributed by atoms with Crippen LogP contribution in [0, 0.1) is 30.6 Å². The van der Waals surface area contributed by atoms with Crippen LogP contribution in [0.25, 0.3) is 6.08 Å². The molecule has 2 rings (SSSR count). The van der Waals surface area contributed by atoms with Gasteiger partial charge in [0.15, 0.2) is 11.5 Å². The predicted octanol–water partition coefficient (Wildman–Crippen LogP) is 25.4. The molecule has 0 bridgehead atoms. The van der Waals surface area contributed by atoms with Gasteiger partial charge in [-0.25, -0.2) is 0 Å². The Morgan fingerprint density at radius 3 is 1.43 bits per heavy atom. The van der Waals surface area contributed by atoms with Crippen LogP contribution in [0.5, 0.6) is 23.0 Å². The van der Waals surface area contributed by atoms with Crippen molar-refractivity contribution < 1.29 is 19.3 Å². The molecule has 1 aliphatic heterocycles. The number of phenols is 1. The van der Waals surface area contributed by atoms with Crippen molar-refractivity contribution in [1.82, 2.24) is 0 Å². The molecule has 0 amide bonds. The summed E-state index contributed by atoms with van der Waals surface area (Å²) in [7, 11) is 1.64. The maximum atomic E-state index is 11.3. The summed E-state index contributed by atoms with van der Waals surface area (Å²) in [5, 5.41) is 11.3. The molecule has 0 aromatic heterocycles. The van der Waals surface area contributed by atoms with Crippen LogP contribution in [0.1, 0.15) is 295 Å². The number of rotatable bonds is 44. The lowest BCUT2D eigenvalue weighted by Crippen LogP contribution is -2.32. The van der Waals surface area contributed by atoms with Crippen LogP contribution in [-0.2, 0) is 0 Å². The van der Waals surface area contributed by atoms with Crippen LogP contribution in [0.4, 0.5) is 0 Å². The summed E-state index contributed by atoms with van der Waals surface area (Å²) < 4.78 is 19.0. The molecule has 4 nitrogen and oxygen atoms in total. The molecule has 1 aliphatic rings. The first-order chi connectivity index (χ1) is 39.6. The van der Waals surface area contributed by atoms with E-state index in [0.29, 0.717) is 29.8 Å². The van der Waals surface area contributed by atoms with E-state index < -0.39 is 5.60 Å². The molecule has 1 heterocycles. The molecule has 468 valence electrons. The van der Waals surface area contributed by atoms with E-state index in [1.807, 2.05) is 6.92 Å². The molecule has 0 fully saturated rings. The zero-order valence-corrected chi connectivity index (χ0v) is 57.3. The zero-order chi connectivity index (χ0) is 61.6. The fourth-order valence-corrected chi connectivity index (χ4v) is 11.6. The van der Waals surface area contributed by atoms with Gasteiger partial charge in [-0.05, 0) is 241 Å². The first kappa shape index (κ1) is 74.7. The molecule has 4 heteroatoms. The summed E-state index contributed by atoms with van der Waals surface area (Å²) in [5.41, 5.74) is 14.5. The highest BCUT2D eigenvalue weighted by molar-refractivity contribution is 5.76. The van der Waals surface area contributed by atoms with Crippen LogP contribution < -0.4 is 14.2 Å². The van der Waals surface area contributed by atoms with Gasteiger partial charge in [0.05, 0.1) is 13.7 Å². The van der Waals surface area contributed by atoms with Crippen molar-refractivity contribution in [3.8, 4) is 23.0 Å². The van der Waals surface area contributed by atoms with Crippen molar-refractivity contribution in [3.63, 3.8) is 0 Å². The third-order valence-electron chi connectivity index (χ3n) is 17.2. The number of hydrogen-bond acceptors (Lipinski definition) is 4. The van der Waals surface area contributed by atoms with Gasteiger partial charge >= 0.3 is 0 Å². The first-order valence-corrected chi connectivity index (χ1v) is 33.5. The van der Waals surface area contributed by atoms with Crippen molar-refractivity contribution in [2.75, 3.05) is 13.7 Å². The fraction of sp³-hybridized carbons (Fsp3) is 0.646. The summed E-state index contributed by atoms with van der Waals surface area (Å²) in [5.74, 6) is 4.65. The molecule has 4 atom stereocenters. The second kappa shape index (κ2) is 43.2. The monoisotopic (exact) mass is 1140 g/mol. The SMILES string of the molecule is C/C=C\CC/C(C)=C/CC/C(C)=C/CC/C(C)=C/C(C)C/C(C)=C/CC/C(C)=C/CC/C(C)=C/CC/C(C)=C/CC/C(C)=C/CC[C@]1(C)C=Cc2c(C)c(O)c(OCC/C=C(\C)CCCC(C)CCCC(C)CCCC(C)C)c(OC)c2O1. The Morgan fingerprint density at radius 2 is 0.952 bits per heavy atom. The third kappa shape index (κ3) is 34.3. The van der Waals surface area contributed by atoms with Gasteiger partial charge in [-0.15, -0.1) is 0 Å². The Labute approximate surface area is 514 Å². The molecule has 83 heavy (non-hydrogen) atoms. The lowest BCUT2D eigenvalue weighted by molar-refractivity contribution is 0.121. The van der Waals surface area contributed by atoms with Crippen LogP contribution in [0.15, 0.2) is 123 Å². The molecule has 0 radical (unpaired) electrons. The van der Waals surface area contributed by atoms with Crippen molar-refractivity contribution in [3.05, 3.63) is 134 Å². The van der Waals surface area contributed by atoms with Crippen molar-refractivity contribution >= 4 is 6.08 Å². The number of methoxy groups -OCH3 is 1. The quantitative estimate of drug-likeness (QED) is 0.0523. The van der Waals surface area contributed by atoms with Gasteiger partial charge < -0.3 is 19.3 Å². The summed E-state index contributed by atoms with van der Waals surface area (Å²) in [6.07, 6.45) is 61.9. The third-order valence-corrected chi connectivity index (χ3v) is 17.2. The minimum Gasteiger partial charge on any atom is -0.504 e. The molecule has 0 saturated carbocycles. The number of hydrogen-bond donors (Lipinski definition) is 1. The van der Waals surface area contributed by atoms with Gasteiger partial charge in [0.1, 0.15) is 5.60 Å². The van der Waals surface area contributed by atoms with Gasteiger partial charge in [-0.2, -0.15) is 0 Å². The summed E-state index contributed by atoms with van der Waals surface area (Å²) >= 11 is 0. The number of allylic oxidation sites excluding steroid dienone is 19. The Kier molecular flexibility index (Phi) is 38.9. The number of aromatic hydroxyl groups is 1. The van der Waals surface area contributed by atoms with Crippen LogP contribution in [0.3, 0.4) is 0 Å². The van der Waals surface area contributed by atoms with Gasteiger partial charge in [-0.1, -0.05) is 203 Å². The molecule has 1 aromatic carbocycles. The van der Waals surface area contributed by atoms with E-state index in [-0.39, 0.29) is 5.75 Å². The summed E-state index contributed by atoms with van der Waals surface area (Å²) in [6.45, 7) is 39.1. The summed E-state index contributed by atoms with van der Waals surface area (Å²) in [4.78, 5) is 0. The van der Waals surface area contributed by atoms with Crippen LogP contribution >= 0.6 is 0 Å². The van der Waals surface area contributed by atoms with Gasteiger partial charge in [0, 0.05) is 11.1 Å². The Bertz CT molecular complexity index is 2360. The van der Waals surface area contributed by atoms with E-state index in [1.54, 1.807) is 7.11 Å². The first-order valence-electron chi connectivity index (χ1n) is 33.5. The number of benzene rings is 1. The highest BCUT2D eigenvalue weighted by Gasteiger charge is 2.33. The van der Waals surface area contributed by atoms with Gasteiger partial charge in [-0.3, -0.25) is 0 Å². The molecule has 1 aromatic rings. The van der Waals surface area contributed by atoms with Crippen LogP contribution in [-0.4, -0.2) is 24.4 Å². The molecule has 3 unspecified atom stereocenters. The Hall–Kier alpha value is -4.44. The lowest BCUT2D eigenvalue weighted by atomic mass is 9.91.